The lowest BCUT2D eigenvalue weighted by molar-refractivity contribution is -0.123. The van der Waals surface area contributed by atoms with Crippen molar-refractivity contribution in [1.29, 1.82) is 0 Å². The third-order valence-electron chi connectivity index (χ3n) is 1.12. The lowest BCUT2D eigenvalue weighted by Crippen LogP contribution is -2.22. The summed E-state index contributed by atoms with van der Waals surface area (Å²) in [6, 6.07) is 0. The largest absolute Gasteiger partial charge is 0.323 e. The predicted octanol–water partition coefficient (Wildman–Crippen LogP) is 1.24. The van der Waals surface area contributed by atoms with Crippen molar-refractivity contribution in [3.8, 4) is 0 Å². The van der Waals surface area contributed by atoms with Crippen LogP contribution in [0.15, 0.2) is 36.8 Å². The van der Waals surface area contributed by atoms with Gasteiger partial charge in [0.25, 0.3) is 0 Å². The van der Waals surface area contributed by atoms with Gasteiger partial charge in [0.2, 0.25) is 5.91 Å². The van der Waals surface area contributed by atoms with E-state index in [1.54, 1.807) is 0 Å². The van der Waals surface area contributed by atoms with E-state index in [4.69, 9.17) is 0 Å². The topological polar surface area (TPSA) is 46.2 Å². The zero-order valence-electron chi connectivity index (χ0n) is 7.05. The Bertz CT molecular complexity index is 269. The van der Waals surface area contributed by atoms with E-state index >= 15 is 0 Å². The highest BCUT2D eigenvalue weighted by Crippen LogP contribution is 2.05. The fourth-order valence-electron chi connectivity index (χ4n) is 0.595. The lowest BCUT2D eigenvalue weighted by Gasteiger charge is -2.03. The third kappa shape index (κ3) is 4.68. The minimum atomic E-state index is -0.779. The third-order valence-corrected chi connectivity index (χ3v) is 1.12. The first-order valence-corrected chi connectivity index (χ1v) is 3.52. The molecule has 1 N–H and O–H groups in total. The Balaban J connectivity index is 4.35. The van der Waals surface area contributed by atoms with Crippen LogP contribution in [-0.2, 0) is 9.59 Å². The van der Waals surface area contributed by atoms with Gasteiger partial charge < -0.3 is 10.1 Å². The van der Waals surface area contributed by atoms with E-state index in [0.29, 0.717) is 6.29 Å². The Labute approximate surface area is 75.6 Å². The summed E-state index contributed by atoms with van der Waals surface area (Å²) in [7, 11) is 0. The van der Waals surface area contributed by atoms with Crippen LogP contribution in [0.3, 0.4) is 0 Å². The van der Waals surface area contributed by atoms with E-state index in [2.05, 4.69) is 18.5 Å². The maximum atomic E-state index is 12.5. The molecule has 0 bridgehead atoms. The number of nitrogens with one attached hydrogen (secondary N) is 1. The number of hydrogen-bond donors (Lipinski definition) is 1. The molecule has 0 aliphatic heterocycles. The molecule has 0 saturated heterocycles. The molecule has 0 rings (SSSR count). The Morgan fingerprint density at radius 2 is 2.15 bits per heavy atom. The van der Waals surface area contributed by atoms with Gasteiger partial charge in [0.15, 0.2) is 0 Å². The summed E-state index contributed by atoms with van der Waals surface area (Å²) in [5.41, 5.74) is -0.0816. The molecule has 0 aromatic heterocycles. The van der Waals surface area contributed by atoms with Crippen LogP contribution < -0.4 is 5.32 Å². The van der Waals surface area contributed by atoms with Crippen molar-refractivity contribution in [3.05, 3.63) is 36.8 Å². The molecule has 4 heteroatoms. The van der Waals surface area contributed by atoms with Crippen LogP contribution in [-0.4, -0.2) is 12.2 Å². The smallest absolute Gasteiger partial charge is 0.231 e. The zero-order valence-corrected chi connectivity index (χ0v) is 7.05. The Hall–Kier alpha value is -1.71. The van der Waals surface area contributed by atoms with Gasteiger partial charge in [-0.3, -0.25) is 4.79 Å². The summed E-state index contributed by atoms with van der Waals surface area (Å²) < 4.78 is 12.5. The highest BCUT2D eigenvalue weighted by atomic mass is 19.1. The minimum Gasteiger partial charge on any atom is -0.323 e. The quantitative estimate of drug-likeness (QED) is 0.396. The van der Waals surface area contributed by atoms with Gasteiger partial charge in [0, 0.05) is 0 Å². The number of hydrogen-bond acceptors (Lipinski definition) is 2. The number of carbonyl (C=O) groups excluding carboxylic acids is 2. The molecule has 1 amide bonds. The number of carbonyl (C=O) groups is 2. The number of aldehydes is 1. The number of rotatable bonds is 5. The van der Waals surface area contributed by atoms with Crippen LogP contribution in [0.2, 0.25) is 0 Å². The van der Waals surface area contributed by atoms with Crippen LogP contribution >= 0.6 is 0 Å². The van der Waals surface area contributed by atoms with E-state index in [1.165, 1.54) is 12.2 Å². The molecule has 0 aliphatic carbocycles. The van der Waals surface area contributed by atoms with Crippen molar-refractivity contribution in [1.82, 2.24) is 5.32 Å². The molecule has 0 atom stereocenters. The average Bonchev–Trinajstić information content (AvgIpc) is 2.04. The highest BCUT2D eigenvalue weighted by molar-refractivity contribution is 5.89. The SMILES string of the molecule is C=C/C=C(/NC(=O)CC=O)C(=C)F. The molecule has 3 nitrogen and oxygen atoms in total. The molecule has 0 aliphatic rings. The molecule has 13 heavy (non-hydrogen) atoms. The van der Waals surface area contributed by atoms with Crippen LogP contribution in [0.1, 0.15) is 6.42 Å². The summed E-state index contributed by atoms with van der Waals surface area (Å²) in [6.45, 7) is 6.33. The molecule has 0 aromatic carbocycles. The molecular formula is C9H10FNO2. The standard InChI is InChI=1S/C9H10FNO2/c1-3-4-8(7(2)10)11-9(13)5-6-12/h3-4,6H,1-2,5H2,(H,11,13)/b8-4+. The first kappa shape index (κ1) is 11.3. The van der Waals surface area contributed by atoms with E-state index in [1.807, 2.05) is 0 Å². The molecule has 0 spiro atoms. The van der Waals surface area contributed by atoms with Crippen molar-refractivity contribution in [3.63, 3.8) is 0 Å². The summed E-state index contributed by atoms with van der Waals surface area (Å²) >= 11 is 0. The van der Waals surface area contributed by atoms with Crippen LogP contribution in [0.4, 0.5) is 4.39 Å². The zero-order chi connectivity index (χ0) is 10.3. The summed E-state index contributed by atoms with van der Waals surface area (Å²) in [4.78, 5) is 20.7. The van der Waals surface area contributed by atoms with Crippen molar-refractivity contribution in [2.75, 3.05) is 0 Å². The van der Waals surface area contributed by atoms with Gasteiger partial charge in [-0.25, -0.2) is 4.39 Å². The fraction of sp³-hybridized carbons (Fsp3) is 0.111. The Morgan fingerprint density at radius 3 is 2.54 bits per heavy atom. The van der Waals surface area contributed by atoms with Crippen molar-refractivity contribution < 1.29 is 14.0 Å². The first-order valence-electron chi connectivity index (χ1n) is 3.52. The second-order valence-electron chi connectivity index (χ2n) is 2.14. The predicted molar refractivity (Wildman–Crippen MR) is 47.4 cm³/mol. The molecule has 0 aromatic rings. The fourth-order valence-corrected chi connectivity index (χ4v) is 0.595. The maximum Gasteiger partial charge on any atom is 0.231 e. The van der Waals surface area contributed by atoms with Gasteiger partial charge in [0.1, 0.15) is 12.1 Å². The summed E-state index contributed by atoms with van der Waals surface area (Å²) in [6.07, 6.45) is 2.69. The molecule has 0 heterocycles. The monoisotopic (exact) mass is 183 g/mol. The van der Waals surface area contributed by atoms with Crippen LogP contribution in [0.25, 0.3) is 0 Å². The second kappa shape index (κ2) is 5.88. The van der Waals surface area contributed by atoms with Gasteiger partial charge in [-0.1, -0.05) is 19.2 Å². The average molecular weight is 183 g/mol. The molecule has 70 valence electrons. The van der Waals surface area contributed by atoms with Crippen LogP contribution in [0, 0.1) is 0 Å². The van der Waals surface area contributed by atoms with Gasteiger partial charge in [-0.05, 0) is 6.08 Å². The van der Waals surface area contributed by atoms with Crippen molar-refractivity contribution >= 4 is 12.2 Å². The molecular weight excluding hydrogens is 173 g/mol. The van der Waals surface area contributed by atoms with E-state index in [-0.39, 0.29) is 12.1 Å². The molecule has 0 saturated carbocycles. The van der Waals surface area contributed by atoms with Crippen molar-refractivity contribution in [2.24, 2.45) is 0 Å². The van der Waals surface area contributed by atoms with Gasteiger partial charge in [0.05, 0.1) is 12.1 Å². The molecule has 0 radical (unpaired) electrons. The van der Waals surface area contributed by atoms with E-state index in [0.717, 1.165) is 0 Å². The van der Waals surface area contributed by atoms with Gasteiger partial charge in [-0.15, -0.1) is 0 Å². The normalized spacial score (nSPS) is 10.4. The van der Waals surface area contributed by atoms with Gasteiger partial charge in [-0.2, -0.15) is 0 Å². The summed E-state index contributed by atoms with van der Waals surface area (Å²) in [5.74, 6) is -1.36. The van der Waals surface area contributed by atoms with Gasteiger partial charge >= 0.3 is 0 Å². The van der Waals surface area contributed by atoms with Crippen molar-refractivity contribution in [2.45, 2.75) is 6.42 Å². The number of amides is 1. The number of allylic oxidation sites excluding steroid dienone is 3. The first-order chi connectivity index (χ1) is 6.11. The second-order valence-corrected chi connectivity index (χ2v) is 2.14. The van der Waals surface area contributed by atoms with Crippen LogP contribution in [0.5, 0.6) is 0 Å². The minimum absolute atomic E-state index is 0.0816. The molecule has 0 unspecified atom stereocenters. The lowest BCUT2D eigenvalue weighted by atomic mass is 10.3. The Kier molecular flexibility index (Phi) is 5.11. The summed E-state index contributed by atoms with van der Waals surface area (Å²) in [5, 5.41) is 2.16. The van der Waals surface area contributed by atoms with E-state index in [9.17, 15) is 14.0 Å². The Morgan fingerprint density at radius 1 is 1.54 bits per heavy atom. The molecule has 0 fully saturated rings. The van der Waals surface area contributed by atoms with E-state index < -0.39 is 11.7 Å². The number of halogens is 1. The maximum absolute atomic E-state index is 12.5. The highest BCUT2D eigenvalue weighted by Gasteiger charge is 2.05.